The summed E-state index contributed by atoms with van der Waals surface area (Å²) < 4.78 is 2.41. The van der Waals surface area contributed by atoms with Gasteiger partial charge in [0.05, 0.1) is 5.69 Å². The van der Waals surface area contributed by atoms with E-state index in [0.29, 0.717) is 5.92 Å². The number of hydrogen-bond acceptors (Lipinski definition) is 3. The number of hydrogen-bond donors (Lipinski definition) is 1. The number of aryl methyl sites for hydroxylation is 1. The predicted molar refractivity (Wildman–Crippen MR) is 91.3 cm³/mol. The fraction of sp³-hybridized carbons (Fsp3) is 0.824. The van der Waals surface area contributed by atoms with Crippen molar-refractivity contribution in [3.8, 4) is 0 Å². The van der Waals surface area contributed by atoms with Crippen molar-refractivity contribution in [1.82, 2.24) is 14.9 Å². The first kappa shape index (κ1) is 15.4. The molecule has 3 heterocycles. The molecule has 1 aromatic heterocycles. The van der Waals surface area contributed by atoms with Gasteiger partial charge in [-0.2, -0.15) is 11.8 Å². The summed E-state index contributed by atoms with van der Waals surface area (Å²) in [5, 5.41) is 3.81. The van der Waals surface area contributed by atoms with E-state index in [-0.39, 0.29) is 5.41 Å². The molecule has 1 fully saturated rings. The average Bonchev–Trinajstić information content (AvgIpc) is 2.91. The fourth-order valence-corrected chi connectivity index (χ4v) is 4.44. The van der Waals surface area contributed by atoms with Crippen LogP contribution in [0, 0.1) is 0 Å². The first-order valence-corrected chi connectivity index (χ1v) is 9.58. The molecule has 118 valence electrons. The average molecular weight is 308 g/mol. The van der Waals surface area contributed by atoms with Gasteiger partial charge in [0.2, 0.25) is 0 Å². The van der Waals surface area contributed by atoms with Crippen LogP contribution in [0.25, 0.3) is 0 Å². The van der Waals surface area contributed by atoms with Crippen LogP contribution in [0.2, 0.25) is 0 Å². The normalized spacial score (nSPS) is 24.0. The second-order valence-electron chi connectivity index (χ2n) is 7.56. The van der Waals surface area contributed by atoms with Crippen LogP contribution in [-0.4, -0.2) is 33.6 Å². The van der Waals surface area contributed by atoms with Crippen LogP contribution in [0.1, 0.15) is 63.9 Å². The van der Waals surface area contributed by atoms with E-state index in [1.54, 1.807) is 0 Å². The standard InChI is InChI=1S/C17H29N3S/c1-17(2,3)15-12-20-8-4-5-13(16(20)19-15)11-18-14-6-9-21-10-7-14/h12-14,18H,4-11H2,1-3H3/t13-/m1/s1. The van der Waals surface area contributed by atoms with Crippen molar-refractivity contribution in [3.05, 3.63) is 17.7 Å². The van der Waals surface area contributed by atoms with Gasteiger partial charge in [0.15, 0.2) is 0 Å². The topological polar surface area (TPSA) is 29.9 Å². The molecule has 0 aromatic carbocycles. The number of aromatic nitrogens is 2. The van der Waals surface area contributed by atoms with E-state index >= 15 is 0 Å². The number of thioether (sulfide) groups is 1. The van der Waals surface area contributed by atoms with Crippen LogP contribution >= 0.6 is 11.8 Å². The third-order valence-electron chi connectivity index (χ3n) is 4.77. The molecule has 0 unspecified atom stereocenters. The quantitative estimate of drug-likeness (QED) is 0.926. The maximum absolute atomic E-state index is 4.99. The van der Waals surface area contributed by atoms with E-state index < -0.39 is 0 Å². The number of fused-ring (bicyclic) bond motifs is 1. The monoisotopic (exact) mass is 307 g/mol. The molecular formula is C17H29N3S. The number of imidazole rings is 1. The van der Waals surface area contributed by atoms with Gasteiger partial charge < -0.3 is 9.88 Å². The van der Waals surface area contributed by atoms with E-state index in [0.717, 1.165) is 19.1 Å². The molecular weight excluding hydrogens is 278 g/mol. The van der Waals surface area contributed by atoms with E-state index in [4.69, 9.17) is 4.98 Å². The molecule has 0 bridgehead atoms. The fourth-order valence-electron chi connectivity index (χ4n) is 3.34. The highest BCUT2D eigenvalue weighted by molar-refractivity contribution is 7.99. The summed E-state index contributed by atoms with van der Waals surface area (Å²) in [4.78, 5) is 4.99. The Labute approximate surface area is 133 Å². The second-order valence-corrected chi connectivity index (χ2v) is 8.79. The Kier molecular flexibility index (Phi) is 4.65. The van der Waals surface area contributed by atoms with Gasteiger partial charge in [-0.1, -0.05) is 20.8 Å². The number of rotatable bonds is 3. The molecule has 0 radical (unpaired) electrons. The van der Waals surface area contributed by atoms with Gasteiger partial charge in [-0.15, -0.1) is 0 Å². The van der Waals surface area contributed by atoms with Crippen molar-refractivity contribution >= 4 is 11.8 Å². The Bertz CT molecular complexity index is 469. The lowest BCUT2D eigenvalue weighted by Crippen LogP contribution is -2.36. The Hall–Kier alpha value is -0.480. The van der Waals surface area contributed by atoms with Gasteiger partial charge in [-0.3, -0.25) is 0 Å². The van der Waals surface area contributed by atoms with Crippen molar-refractivity contribution in [3.63, 3.8) is 0 Å². The molecule has 0 saturated carbocycles. The van der Waals surface area contributed by atoms with E-state index in [9.17, 15) is 0 Å². The lowest BCUT2D eigenvalue weighted by Gasteiger charge is -2.28. The molecule has 0 amide bonds. The summed E-state index contributed by atoms with van der Waals surface area (Å²) in [6.45, 7) is 9.03. The van der Waals surface area contributed by atoms with Gasteiger partial charge in [0, 0.05) is 36.7 Å². The Balaban J connectivity index is 1.66. The molecule has 1 N–H and O–H groups in total. The van der Waals surface area contributed by atoms with Gasteiger partial charge in [0.25, 0.3) is 0 Å². The summed E-state index contributed by atoms with van der Waals surface area (Å²) in [6.07, 6.45) is 7.53. The Morgan fingerprint density at radius 3 is 2.76 bits per heavy atom. The maximum atomic E-state index is 4.99. The molecule has 2 aliphatic heterocycles. The first-order valence-electron chi connectivity index (χ1n) is 8.43. The smallest absolute Gasteiger partial charge is 0.113 e. The van der Waals surface area contributed by atoms with Gasteiger partial charge in [-0.05, 0) is 37.2 Å². The third-order valence-corrected chi connectivity index (χ3v) is 5.82. The van der Waals surface area contributed by atoms with Crippen LogP contribution < -0.4 is 5.32 Å². The Morgan fingerprint density at radius 1 is 1.29 bits per heavy atom. The van der Waals surface area contributed by atoms with Crippen molar-refractivity contribution < 1.29 is 0 Å². The van der Waals surface area contributed by atoms with Crippen LogP contribution in [0.3, 0.4) is 0 Å². The number of nitrogens with zero attached hydrogens (tertiary/aromatic N) is 2. The molecule has 4 heteroatoms. The lowest BCUT2D eigenvalue weighted by molar-refractivity contribution is 0.390. The zero-order valence-corrected chi connectivity index (χ0v) is 14.5. The van der Waals surface area contributed by atoms with Crippen molar-refractivity contribution in [2.24, 2.45) is 0 Å². The summed E-state index contributed by atoms with van der Waals surface area (Å²) in [6, 6.07) is 0.735. The van der Waals surface area contributed by atoms with Gasteiger partial charge in [0.1, 0.15) is 5.82 Å². The minimum atomic E-state index is 0.156. The van der Waals surface area contributed by atoms with Crippen molar-refractivity contribution in [2.45, 2.75) is 70.4 Å². The van der Waals surface area contributed by atoms with E-state index in [1.807, 2.05) is 0 Å². The largest absolute Gasteiger partial charge is 0.334 e. The molecule has 21 heavy (non-hydrogen) atoms. The van der Waals surface area contributed by atoms with Crippen LogP contribution in [0.4, 0.5) is 0 Å². The Morgan fingerprint density at radius 2 is 2.05 bits per heavy atom. The third kappa shape index (κ3) is 3.65. The highest BCUT2D eigenvalue weighted by atomic mass is 32.2. The minimum absolute atomic E-state index is 0.156. The summed E-state index contributed by atoms with van der Waals surface area (Å²) in [7, 11) is 0. The molecule has 1 atom stereocenters. The summed E-state index contributed by atoms with van der Waals surface area (Å²) >= 11 is 2.10. The predicted octanol–water partition coefficient (Wildman–Crippen LogP) is 3.54. The molecule has 1 saturated heterocycles. The highest BCUT2D eigenvalue weighted by Crippen LogP contribution is 2.30. The van der Waals surface area contributed by atoms with Gasteiger partial charge >= 0.3 is 0 Å². The summed E-state index contributed by atoms with van der Waals surface area (Å²) in [5.41, 5.74) is 1.40. The zero-order chi connectivity index (χ0) is 14.9. The maximum Gasteiger partial charge on any atom is 0.113 e. The summed E-state index contributed by atoms with van der Waals surface area (Å²) in [5.74, 6) is 4.57. The van der Waals surface area contributed by atoms with E-state index in [2.05, 4.69) is 48.6 Å². The molecule has 0 aliphatic carbocycles. The van der Waals surface area contributed by atoms with Crippen LogP contribution in [0.5, 0.6) is 0 Å². The molecule has 0 spiro atoms. The molecule has 3 nitrogen and oxygen atoms in total. The molecule has 3 rings (SSSR count). The minimum Gasteiger partial charge on any atom is -0.334 e. The zero-order valence-electron chi connectivity index (χ0n) is 13.7. The van der Waals surface area contributed by atoms with Crippen LogP contribution in [-0.2, 0) is 12.0 Å². The van der Waals surface area contributed by atoms with Gasteiger partial charge in [-0.25, -0.2) is 4.98 Å². The molecule has 1 aromatic rings. The van der Waals surface area contributed by atoms with E-state index in [1.165, 1.54) is 48.7 Å². The first-order chi connectivity index (χ1) is 10.0. The van der Waals surface area contributed by atoms with Crippen LogP contribution in [0.15, 0.2) is 6.20 Å². The van der Waals surface area contributed by atoms with Crippen molar-refractivity contribution in [1.29, 1.82) is 0 Å². The second kappa shape index (κ2) is 6.33. The molecule has 2 aliphatic rings. The number of nitrogens with one attached hydrogen (secondary N) is 1. The highest BCUT2D eigenvalue weighted by Gasteiger charge is 2.27. The SMILES string of the molecule is CC(C)(C)c1cn2c(n1)[C@@H](CNC1CCSCC1)CCC2. The lowest BCUT2D eigenvalue weighted by atomic mass is 9.93. The van der Waals surface area contributed by atoms with Crippen molar-refractivity contribution in [2.75, 3.05) is 18.1 Å².